The summed E-state index contributed by atoms with van der Waals surface area (Å²) in [5, 5.41) is 0. The van der Waals surface area contributed by atoms with Gasteiger partial charge < -0.3 is 14.4 Å². The summed E-state index contributed by atoms with van der Waals surface area (Å²) in [6.07, 6.45) is 2.77. The van der Waals surface area contributed by atoms with Gasteiger partial charge in [-0.1, -0.05) is 6.08 Å². The normalized spacial score (nSPS) is 22.6. The number of hydrogen-bond acceptors (Lipinski definition) is 3. The van der Waals surface area contributed by atoms with E-state index in [2.05, 4.69) is 28.7 Å². The Kier molecular flexibility index (Phi) is 3.27. The van der Waals surface area contributed by atoms with Crippen LogP contribution in [0.5, 0.6) is 0 Å². The standard InChI is InChI=1S/C9H12INO3/c10-7-1-3-11(4-2-7)9(12)14-8-5-13-6-8/h1,8H,2-6H2. The maximum Gasteiger partial charge on any atom is 0.410 e. The molecule has 2 aliphatic heterocycles. The molecule has 0 saturated carbocycles. The maximum atomic E-state index is 11.5. The fraction of sp³-hybridized carbons (Fsp3) is 0.667. The predicted molar refractivity (Wildman–Crippen MR) is 59.4 cm³/mol. The van der Waals surface area contributed by atoms with E-state index in [1.165, 1.54) is 3.58 Å². The Morgan fingerprint density at radius 2 is 2.43 bits per heavy atom. The lowest BCUT2D eigenvalue weighted by atomic mass is 10.3. The van der Waals surface area contributed by atoms with Gasteiger partial charge in [-0.05, 0) is 32.6 Å². The van der Waals surface area contributed by atoms with Crippen molar-refractivity contribution < 1.29 is 14.3 Å². The third-order valence-electron chi connectivity index (χ3n) is 2.29. The number of halogens is 1. The fourth-order valence-electron chi connectivity index (χ4n) is 1.31. The lowest BCUT2D eigenvalue weighted by molar-refractivity contribution is -0.104. The first-order chi connectivity index (χ1) is 6.75. The van der Waals surface area contributed by atoms with Crippen LogP contribution in [0.15, 0.2) is 9.66 Å². The molecule has 14 heavy (non-hydrogen) atoms. The van der Waals surface area contributed by atoms with Crippen LogP contribution in [-0.2, 0) is 9.47 Å². The van der Waals surface area contributed by atoms with Crippen molar-refractivity contribution in [1.82, 2.24) is 4.90 Å². The SMILES string of the molecule is O=C(OC1COC1)N1CC=C(I)CC1. The fourth-order valence-corrected chi connectivity index (χ4v) is 1.75. The summed E-state index contributed by atoms with van der Waals surface area (Å²) in [7, 11) is 0. The number of ether oxygens (including phenoxy) is 2. The van der Waals surface area contributed by atoms with Gasteiger partial charge in [0.2, 0.25) is 0 Å². The number of hydrogen-bond donors (Lipinski definition) is 0. The Hall–Kier alpha value is -0.300. The summed E-state index contributed by atoms with van der Waals surface area (Å²) in [5.41, 5.74) is 0. The molecule has 1 saturated heterocycles. The smallest absolute Gasteiger partial charge is 0.410 e. The highest BCUT2D eigenvalue weighted by Crippen LogP contribution is 2.18. The van der Waals surface area contributed by atoms with Crippen LogP contribution in [0.3, 0.4) is 0 Å². The number of rotatable bonds is 1. The van der Waals surface area contributed by atoms with Gasteiger partial charge in [-0.2, -0.15) is 0 Å². The Labute approximate surface area is 96.4 Å². The van der Waals surface area contributed by atoms with Gasteiger partial charge in [-0.15, -0.1) is 0 Å². The van der Waals surface area contributed by atoms with Gasteiger partial charge in [0, 0.05) is 13.1 Å². The summed E-state index contributed by atoms with van der Waals surface area (Å²) in [5.74, 6) is 0. The van der Waals surface area contributed by atoms with E-state index in [0.717, 1.165) is 13.0 Å². The van der Waals surface area contributed by atoms with E-state index < -0.39 is 0 Å². The van der Waals surface area contributed by atoms with Crippen molar-refractivity contribution in [3.63, 3.8) is 0 Å². The predicted octanol–water partition coefficient (Wildman–Crippen LogP) is 1.55. The molecule has 0 bridgehead atoms. The Bertz CT molecular complexity index is 263. The van der Waals surface area contributed by atoms with Crippen molar-refractivity contribution in [3.8, 4) is 0 Å². The molecular formula is C9H12INO3. The van der Waals surface area contributed by atoms with Crippen LogP contribution in [0.2, 0.25) is 0 Å². The number of amides is 1. The molecule has 4 nitrogen and oxygen atoms in total. The van der Waals surface area contributed by atoms with Crippen LogP contribution in [0.25, 0.3) is 0 Å². The van der Waals surface area contributed by atoms with Gasteiger partial charge in [0.1, 0.15) is 0 Å². The molecule has 0 aliphatic carbocycles. The minimum atomic E-state index is -0.210. The van der Waals surface area contributed by atoms with E-state index in [0.29, 0.717) is 19.8 Å². The second-order valence-electron chi connectivity index (χ2n) is 3.39. The molecule has 1 amide bonds. The molecule has 78 valence electrons. The van der Waals surface area contributed by atoms with Crippen LogP contribution in [0.4, 0.5) is 4.79 Å². The van der Waals surface area contributed by atoms with E-state index in [4.69, 9.17) is 9.47 Å². The van der Waals surface area contributed by atoms with E-state index in [9.17, 15) is 4.79 Å². The molecule has 2 heterocycles. The largest absolute Gasteiger partial charge is 0.441 e. The molecule has 0 aromatic rings. The summed E-state index contributed by atoms with van der Waals surface area (Å²) < 4.78 is 11.4. The zero-order valence-corrected chi connectivity index (χ0v) is 9.90. The minimum absolute atomic E-state index is 0.0209. The topological polar surface area (TPSA) is 38.8 Å². The molecule has 0 atom stereocenters. The summed E-state index contributed by atoms with van der Waals surface area (Å²) in [6, 6.07) is 0. The molecule has 0 spiro atoms. The quantitative estimate of drug-likeness (QED) is 0.690. The molecule has 0 aromatic carbocycles. The van der Waals surface area contributed by atoms with Crippen molar-refractivity contribution in [1.29, 1.82) is 0 Å². The Morgan fingerprint density at radius 3 is 2.93 bits per heavy atom. The molecule has 0 aromatic heterocycles. The van der Waals surface area contributed by atoms with Gasteiger partial charge in [0.25, 0.3) is 0 Å². The van der Waals surface area contributed by atoms with E-state index in [-0.39, 0.29) is 12.2 Å². The second kappa shape index (κ2) is 4.48. The number of nitrogens with zero attached hydrogens (tertiary/aromatic N) is 1. The van der Waals surface area contributed by atoms with Gasteiger partial charge in [-0.3, -0.25) is 0 Å². The molecule has 0 radical (unpaired) electrons. The monoisotopic (exact) mass is 309 g/mol. The number of carbonyl (C=O) groups is 1. The van der Waals surface area contributed by atoms with Crippen LogP contribution < -0.4 is 0 Å². The Morgan fingerprint density at radius 1 is 1.64 bits per heavy atom. The molecule has 1 fully saturated rings. The summed E-state index contributed by atoms with van der Waals surface area (Å²) in [6.45, 7) is 2.53. The zero-order chi connectivity index (χ0) is 9.97. The maximum absolute atomic E-state index is 11.5. The van der Waals surface area contributed by atoms with E-state index in [1.807, 2.05) is 0 Å². The van der Waals surface area contributed by atoms with Crippen molar-refractivity contribution >= 4 is 28.7 Å². The van der Waals surface area contributed by atoms with Crippen molar-refractivity contribution in [2.45, 2.75) is 12.5 Å². The lowest BCUT2D eigenvalue weighted by Crippen LogP contribution is -2.43. The molecule has 0 unspecified atom stereocenters. The van der Waals surface area contributed by atoms with E-state index >= 15 is 0 Å². The average molecular weight is 309 g/mol. The number of carbonyl (C=O) groups excluding carboxylic acids is 1. The van der Waals surface area contributed by atoms with Crippen molar-refractivity contribution in [3.05, 3.63) is 9.66 Å². The van der Waals surface area contributed by atoms with Gasteiger partial charge in [-0.25, -0.2) is 4.79 Å². The molecule has 2 aliphatic rings. The Balaban J connectivity index is 1.80. The third-order valence-corrected chi connectivity index (χ3v) is 3.27. The first kappa shape index (κ1) is 10.2. The molecular weight excluding hydrogens is 297 g/mol. The van der Waals surface area contributed by atoms with Crippen LogP contribution >= 0.6 is 22.6 Å². The van der Waals surface area contributed by atoms with Gasteiger partial charge >= 0.3 is 6.09 Å². The first-order valence-electron chi connectivity index (χ1n) is 4.63. The summed E-state index contributed by atoms with van der Waals surface area (Å²) in [4.78, 5) is 13.2. The highest BCUT2D eigenvalue weighted by Gasteiger charge is 2.26. The lowest BCUT2D eigenvalue weighted by Gasteiger charge is -2.30. The second-order valence-corrected chi connectivity index (χ2v) is 4.78. The zero-order valence-electron chi connectivity index (χ0n) is 7.74. The van der Waals surface area contributed by atoms with Gasteiger partial charge in [0.15, 0.2) is 6.10 Å². The van der Waals surface area contributed by atoms with Crippen LogP contribution in [-0.4, -0.2) is 43.4 Å². The highest BCUT2D eigenvalue weighted by atomic mass is 127. The van der Waals surface area contributed by atoms with E-state index in [1.54, 1.807) is 4.90 Å². The molecule has 0 N–H and O–H groups in total. The third kappa shape index (κ3) is 2.38. The molecule has 2 rings (SSSR count). The van der Waals surface area contributed by atoms with Crippen LogP contribution in [0, 0.1) is 0 Å². The summed E-state index contributed by atoms with van der Waals surface area (Å²) >= 11 is 2.30. The molecule has 5 heteroatoms. The van der Waals surface area contributed by atoms with Crippen LogP contribution in [0.1, 0.15) is 6.42 Å². The minimum Gasteiger partial charge on any atom is -0.441 e. The van der Waals surface area contributed by atoms with Crippen molar-refractivity contribution in [2.75, 3.05) is 26.3 Å². The highest BCUT2D eigenvalue weighted by molar-refractivity contribution is 14.1. The van der Waals surface area contributed by atoms with Crippen molar-refractivity contribution in [2.24, 2.45) is 0 Å². The first-order valence-corrected chi connectivity index (χ1v) is 5.71. The van der Waals surface area contributed by atoms with Gasteiger partial charge in [0.05, 0.1) is 13.2 Å². The average Bonchev–Trinajstić information content (AvgIpc) is 2.12.